The van der Waals surface area contributed by atoms with Crippen LogP contribution in [0.5, 0.6) is 11.5 Å². The van der Waals surface area contributed by atoms with Crippen molar-refractivity contribution in [1.29, 1.82) is 0 Å². The van der Waals surface area contributed by atoms with Gasteiger partial charge in [0, 0.05) is 24.0 Å². The van der Waals surface area contributed by atoms with Gasteiger partial charge < -0.3 is 21.9 Å². The van der Waals surface area contributed by atoms with Crippen molar-refractivity contribution in [2.24, 2.45) is 0 Å². The Morgan fingerprint density at radius 1 is 0.966 bits per heavy atom. The fraction of sp³-hybridized carbons (Fsp3) is 0.435. The summed E-state index contributed by atoms with van der Waals surface area (Å²) in [4.78, 5) is 0. The van der Waals surface area contributed by atoms with Crippen molar-refractivity contribution < 1.29 is 35.2 Å². The van der Waals surface area contributed by atoms with Gasteiger partial charge in [0.25, 0.3) is 0 Å². The lowest BCUT2D eigenvalue weighted by atomic mass is 9.92. The molecule has 0 radical (unpaired) electrons. The summed E-state index contributed by atoms with van der Waals surface area (Å²) in [5, 5.41) is 0. The monoisotopic (exact) mass is 423 g/mol. The van der Waals surface area contributed by atoms with Gasteiger partial charge in [0.1, 0.15) is 6.54 Å². The molecular formula is C23H28ClF2NO2. The number of hydrogen-bond donors (Lipinski definition) is 0. The van der Waals surface area contributed by atoms with Gasteiger partial charge >= 0.3 is 0 Å². The molecule has 6 heteroatoms. The number of methoxy groups -OCH3 is 2. The van der Waals surface area contributed by atoms with Gasteiger partial charge in [-0.15, -0.1) is 0 Å². The molecule has 0 aromatic heterocycles. The lowest BCUT2D eigenvalue weighted by Gasteiger charge is -2.21. The molecular weight excluding hydrogens is 396 g/mol. The molecule has 3 rings (SSSR count). The molecule has 0 bridgehead atoms. The third-order valence-electron chi connectivity index (χ3n) is 5.33. The van der Waals surface area contributed by atoms with Crippen LogP contribution in [0.3, 0.4) is 0 Å². The molecule has 0 spiro atoms. The first-order chi connectivity index (χ1) is 13.6. The van der Waals surface area contributed by atoms with Crippen LogP contribution in [0.4, 0.5) is 8.78 Å². The Morgan fingerprint density at radius 2 is 1.69 bits per heavy atom. The number of fused-ring (bicyclic) bond motifs is 1. The van der Waals surface area contributed by atoms with Crippen LogP contribution in [0.15, 0.2) is 30.3 Å². The predicted molar refractivity (Wildman–Crippen MR) is 107 cm³/mol. The van der Waals surface area contributed by atoms with E-state index in [1.165, 1.54) is 29.0 Å². The first-order valence-corrected chi connectivity index (χ1v) is 9.87. The number of benzene rings is 2. The summed E-state index contributed by atoms with van der Waals surface area (Å²) < 4.78 is 40.2. The highest BCUT2D eigenvalue weighted by Gasteiger charge is 2.27. The Hall–Kier alpha value is -2.14. The van der Waals surface area contributed by atoms with Crippen LogP contribution in [-0.2, 0) is 13.0 Å². The molecule has 0 atom stereocenters. The van der Waals surface area contributed by atoms with Crippen molar-refractivity contribution in [1.82, 2.24) is 0 Å². The number of halogens is 3. The molecule has 0 saturated carbocycles. The molecule has 0 N–H and O–H groups in total. The van der Waals surface area contributed by atoms with E-state index in [1.807, 2.05) is 6.07 Å². The van der Waals surface area contributed by atoms with Crippen molar-refractivity contribution in [3.05, 3.63) is 58.7 Å². The zero-order chi connectivity index (χ0) is 20.1. The first-order valence-electron chi connectivity index (χ1n) is 9.87. The second-order valence-electron chi connectivity index (χ2n) is 7.19. The Kier molecular flexibility index (Phi) is 8.45. The smallest absolute Gasteiger partial charge is 0.184 e. The lowest BCUT2D eigenvalue weighted by Crippen LogP contribution is -3.00. The fourth-order valence-corrected chi connectivity index (χ4v) is 3.83. The number of unbranched alkanes of at least 4 members (excludes halogenated alkanes) is 2. The van der Waals surface area contributed by atoms with Crippen molar-refractivity contribution in [2.45, 2.75) is 45.6 Å². The normalized spacial score (nSPS) is 13.0. The van der Waals surface area contributed by atoms with Gasteiger partial charge in [-0.3, -0.25) is 0 Å². The molecule has 29 heavy (non-hydrogen) atoms. The van der Waals surface area contributed by atoms with Crippen LogP contribution in [0.1, 0.15) is 49.3 Å². The minimum Gasteiger partial charge on any atom is -1.00 e. The van der Waals surface area contributed by atoms with Crippen LogP contribution in [0.25, 0.3) is 0 Å². The van der Waals surface area contributed by atoms with Crippen LogP contribution >= 0.6 is 0 Å². The van der Waals surface area contributed by atoms with Crippen LogP contribution in [0, 0.1) is 11.6 Å². The second-order valence-corrected chi connectivity index (χ2v) is 7.19. The van der Waals surface area contributed by atoms with Crippen molar-refractivity contribution in [3.8, 4) is 11.5 Å². The molecule has 1 aliphatic rings. The number of nitrogens with zero attached hydrogens (tertiary/aromatic N) is 1. The average Bonchev–Trinajstić information content (AvgIpc) is 2.71. The fourth-order valence-electron chi connectivity index (χ4n) is 3.83. The zero-order valence-corrected chi connectivity index (χ0v) is 18.0. The summed E-state index contributed by atoms with van der Waals surface area (Å²) in [5.41, 5.74) is 4.42. The van der Waals surface area contributed by atoms with Gasteiger partial charge in [0.05, 0.1) is 14.2 Å². The minimum atomic E-state index is -0.809. The molecule has 158 valence electrons. The summed E-state index contributed by atoms with van der Waals surface area (Å²) in [7, 11) is 3.29. The summed E-state index contributed by atoms with van der Waals surface area (Å²) in [5.74, 6) is -0.155. The maximum Gasteiger partial charge on any atom is 0.184 e. The average molecular weight is 424 g/mol. The maximum absolute atomic E-state index is 13.7. The second kappa shape index (κ2) is 10.6. The standard InChI is InChI=1S/C23H28F2NO2.ClH/c1-4-5-6-7-21-18-14-23(28-3)22(27-2)13-17(18)10-11-26(21)15-16-8-9-19(24)20(25)12-16;/h8-9,12-14H,4-7,10-11,15H2,1-3H3;1H/q+1;/p-1. The third kappa shape index (κ3) is 5.27. The van der Waals surface area contributed by atoms with Gasteiger partial charge in [-0.25, -0.2) is 13.4 Å². The van der Waals surface area contributed by atoms with E-state index in [1.54, 1.807) is 20.3 Å². The molecule has 2 aromatic rings. The molecule has 3 nitrogen and oxygen atoms in total. The van der Waals surface area contributed by atoms with E-state index >= 15 is 0 Å². The summed E-state index contributed by atoms with van der Waals surface area (Å²) in [6.07, 6.45) is 5.21. The van der Waals surface area contributed by atoms with Crippen molar-refractivity contribution >= 4 is 5.71 Å². The van der Waals surface area contributed by atoms with Crippen molar-refractivity contribution in [2.75, 3.05) is 20.8 Å². The highest BCUT2D eigenvalue weighted by Crippen LogP contribution is 2.33. The molecule has 1 aliphatic heterocycles. The maximum atomic E-state index is 13.7. The van der Waals surface area contributed by atoms with E-state index in [0.29, 0.717) is 12.3 Å². The molecule has 2 aromatic carbocycles. The molecule has 0 aliphatic carbocycles. The van der Waals surface area contributed by atoms with Gasteiger partial charge in [-0.1, -0.05) is 19.8 Å². The van der Waals surface area contributed by atoms with E-state index in [4.69, 9.17) is 9.47 Å². The highest BCUT2D eigenvalue weighted by molar-refractivity contribution is 5.99. The number of rotatable bonds is 8. The number of hydrogen-bond acceptors (Lipinski definition) is 2. The van der Waals surface area contributed by atoms with Gasteiger partial charge in [-0.05, 0) is 42.3 Å². The van der Waals surface area contributed by atoms with Crippen LogP contribution in [0.2, 0.25) is 0 Å². The largest absolute Gasteiger partial charge is 1.00 e. The first kappa shape index (κ1) is 23.1. The van der Waals surface area contributed by atoms with E-state index in [0.717, 1.165) is 50.0 Å². The Bertz CT molecular complexity index is 883. The zero-order valence-electron chi connectivity index (χ0n) is 17.2. The van der Waals surface area contributed by atoms with Gasteiger partial charge in [0.15, 0.2) is 35.4 Å². The SMILES string of the molecule is CCCCCC1=[N+](Cc2ccc(F)c(F)c2)CCc2cc(OC)c(OC)cc21.[Cl-]. The number of ether oxygens (including phenoxy) is 2. The summed E-state index contributed by atoms with van der Waals surface area (Å²) >= 11 is 0. The summed E-state index contributed by atoms with van der Waals surface area (Å²) in [6, 6.07) is 8.26. The molecule has 0 unspecified atom stereocenters. The molecule has 0 saturated heterocycles. The van der Waals surface area contributed by atoms with Crippen molar-refractivity contribution in [3.63, 3.8) is 0 Å². The van der Waals surface area contributed by atoms with E-state index in [2.05, 4.69) is 17.6 Å². The lowest BCUT2D eigenvalue weighted by molar-refractivity contribution is -0.545. The van der Waals surface area contributed by atoms with E-state index < -0.39 is 11.6 Å². The molecule has 0 amide bonds. The Labute approximate surface area is 177 Å². The van der Waals surface area contributed by atoms with Crippen LogP contribution < -0.4 is 21.9 Å². The van der Waals surface area contributed by atoms with Crippen LogP contribution in [-0.4, -0.2) is 31.1 Å². The minimum absolute atomic E-state index is 0. The van der Waals surface area contributed by atoms with Gasteiger partial charge in [0.2, 0.25) is 0 Å². The topological polar surface area (TPSA) is 21.5 Å². The van der Waals surface area contributed by atoms with E-state index in [9.17, 15) is 8.78 Å². The summed E-state index contributed by atoms with van der Waals surface area (Å²) in [6.45, 7) is 3.59. The predicted octanol–water partition coefficient (Wildman–Crippen LogP) is 2.12. The quantitative estimate of drug-likeness (QED) is 0.479. The Morgan fingerprint density at radius 3 is 2.34 bits per heavy atom. The van der Waals surface area contributed by atoms with Gasteiger partial charge in [-0.2, -0.15) is 0 Å². The molecule has 1 heterocycles. The third-order valence-corrected chi connectivity index (χ3v) is 5.33. The molecule has 0 fully saturated rings. The Balaban J connectivity index is 0.00000300. The van der Waals surface area contributed by atoms with E-state index in [-0.39, 0.29) is 12.4 Å². The highest BCUT2D eigenvalue weighted by atomic mass is 35.5.